The molecule has 1 aliphatic rings. The van der Waals surface area contributed by atoms with Crippen molar-refractivity contribution in [2.24, 2.45) is 0 Å². The van der Waals surface area contributed by atoms with Gasteiger partial charge in [-0.3, -0.25) is 0 Å². The lowest BCUT2D eigenvalue weighted by molar-refractivity contribution is -0.141. The molecular weight excluding hydrogens is 326 g/mol. The minimum Gasteiger partial charge on any atom is -0.475 e. The smallest absolute Gasteiger partial charge is 0.418 e. The molecule has 0 saturated carbocycles. The van der Waals surface area contributed by atoms with E-state index >= 15 is 0 Å². The number of carbonyl (C=O) groups is 1. The van der Waals surface area contributed by atoms with Crippen LogP contribution < -0.4 is 9.64 Å². The highest BCUT2D eigenvalue weighted by molar-refractivity contribution is 5.92. The van der Waals surface area contributed by atoms with Gasteiger partial charge in [0.1, 0.15) is 12.7 Å². The number of carboxylic acid groups (broad SMARTS) is 1. The van der Waals surface area contributed by atoms with E-state index in [0.717, 1.165) is 4.90 Å². The first kappa shape index (κ1) is 17.1. The molecule has 1 unspecified atom stereocenters. The molecule has 0 radical (unpaired) electrons. The van der Waals surface area contributed by atoms with Crippen LogP contribution in [0.5, 0.6) is 5.88 Å². The topological polar surface area (TPSA) is 94.0 Å². The van der Waals surface area contributed by atoms with Crippen molar-refractivity contribution in [2.45, 2.75) is 25.7 Å². The van der Waals surface area contributed by atoms with E-state index in [4.69, 9.17) is 14.2 Å². The summed E-state index contributed by atoms with van der Waals surface area (Å²) in [6.45, 7) is 4.34. The second-order valence-corrected chi connectivity index (χ2v) is 5.91. The number of para-hydroxylation sites is 1. The third kappa shape index (κ3) is 4.23. The summed E-state index contributed by atoms with van der Waals surface area (Å²) in [5.41, 5.74) is 0.446. The quantitative estimate of drug-likeness (QED) is 0.890. The van der Waals surface area contributed by atoms with Gasteiger partial charge in [-0.25, -0.2) is 14.7 Å². The predicted molar refractivity (Wildman–Crippen MR) is 89.0 cm³/mol. The summed E-state index contributed by atoms with van der Waals surface area (Å²) in [4.78, 5) is 20.8. The van der Waals surface area contributed by atoms with Crippen molar-refractivity contribution in [1.29, 1.82) is 0 Å². The summed E-state index contributed by atoms with van der Waals surface area (Å²) in [6.07, 6.45) is 0.0581. The van der Waals surface area contributed by atoms with Gasteiger partial charge < -0.3 is 19.3 Å². The molecule has 1 fully saturated rings. The normalized spacial score (nSPS) is 18.7. The monoisotopic (exact) mass is 345 g/mol. The van der Waals surface area contributed by atoms with E-state index in [-0.39, 0.29) is 24.5 Å². The Morgan fingerprint density at radius 1 is 1.36 bits per heavy atom. The Balaban J connectivity index is 1.73. The Labute approximate surface area is 145 Å². The van der Waals surface area contributed by atoms with Crippen LogP contribution in [0.3, 0.4) is 0 Å². The van der Waals surface area contributed by atoms with Gasteiger partial charge >= 0.3 is 6.09 Å². The standard InChI is InChI=1S/C17H19N3O5/c1-17(2)24-11-13(25-17)10-23-14-8-9-18-15(19-14)20(16(21)22)12-6-4-3-5-7-12/h3-9,13H,10-11H2,1-2H3,(H,21,22). The van der Waals surface area contributed by atoms with Crippen molar-refractivity contribution < 1.29 is 24.1 Å². The van der Waals surface area contributed by atoms with Crippen molar-refractivity contribution in [1.82, 2.24) is 9.97 Å². The van der Waals surface area contributed by atoms with Crippen LogP contribution in [0.1, 0.15) is 13.8 Å². The van der Waals surface area contributed by atoms with Gasteiger partial charge in [-0.05, 0) is 26.0 Å². The van der Waals surface area contributed by atoms with E-state index in [9.17, 15) is 9.90 Å². The number of ether oxygens (including phenoxy) is 3. The van der Waals surface area contributed by atoms with Gasteiger partial charge in [-0.2, -0.15) is 4.98 Å². The van der Waals surface area contributed by atoms with Crippen LogP contribution >= 0.6 is 0 Å². The Morgan fingerprint density at radius 2 is 2.12 bits per heavy atom. The Bertz CT molecular complexity index is 738. The van der Waals surface area contributed by atoms with Crippen LogP contribution in [0.2, 0.25) is 0 Å². The maximum absolute atomic E-state index is 11.6. The molecule has 8 nitrogen and oxygen atoms in total. The fourth-order valence-corrected chi connectivity index (χ4v) is 2.43. The maximum Gasteiger partial charge on any atom is 0.418 e. The van der Waals surface area contributed by atoms with Gasteiger partial charge in [-0.1, -0.05) is 18.2 Å². The maximum atomic E-state index is 11.6. The number of amides is 1. The molecule has 2 heterocycles. The number of nitrogens with zero attached hydrogens (tertiary/aromatic N) is 3. The third-order valence-electron chi connectivity index (χ3n) is 3.51. The molecule has 1 aliphatic heterocycles. The van der Waals surface area contributed by atoms with E-state index in [0.29, 0.717) is 12.3 Å². The van der Waals surface area contributed by atoms with Crippen LogP contribution in [0.15, 0.2) is 42.6 Å². The molecule has 3 rings (SSSR count). The Kier molecular flexibility index (Phi) is 4.82. The number of aromatic nitrogens is 2. The zero-order valence-corrected chi connectivity index (χ0v) is 14.0. The first-order valence-corrected chi connectivity index (χ1v) is 7.80. The van der Waals surface area contributed by atoms with Crippen LogP contribution in [-0.4, -0.2) is 46.3 Å². The highest BCUT2D eigenvalue weighted by Gasteiger charge is 2.33. The molecule has 1 amide bonds. The molecule has 0 spiro atoms. The van der Waals surface area contributed by atoms with E-state index in [1.54, 1.807) is 36.4 Å². The zero-order chi connectivity index (χ0) is 17.9. The SMILES string of the molecule is CC1(C)OCC(COc2ccnc(N(C(=O)O)c3ccccc3)n2)O1. The average Bonchev–Trinajstić information content (AvgIpc) is 2.93. The van der Waals surface area contributed by atoms with Crippen LogP contribution in [0, 0.1) is 0 Å². The van der Waals surface area contributed by atoms with E-state index in [1.807, 2.05) is 13.8 Å². The molecule has 1 aromatic heterocycles. The average molecular weight is 345 g/mol. The lowest BCUT2D eigenvalue weighted by Crippen LogP contribution is -2.27. The molecule has 0 aliphatic carbocycles. The fourth-order valence-electron chi connectivity index (χ4n) is 2.43. The largest absolute Gasteiger partial charge is 0.475 e. The number of anilines is 2. The molecule has 0 bridgehead atoms. The molecule has 1 saturated heterocycles. The lowest BCUT2D eigenvalue weighted by Gasteiger charge is -2.18. The lowest BCUT2D eigenvalue weighted by atomic mass is 10.3. The van der Waals surface area contributed by atoms with Crippen LogP contribution in [0.4, 0.5) is 16.4 Å². The van der Waals surface area contributed by atoms with Crippen molar-refractivity contribution >= 4 is 17.7 Å². The second kappa shape index (κ2) is 7.04. The van der Waals surface area contributed by atoms with Gasteiger partial charge in [0.25, 0.3) is 0 Å². The van der Waals surface area contributed by atoms with Crippen LogP contribution in [0.25, 0.3) is 0 Å². The first-order valence-electron chi connectivity index (χ1n) is 7.80. The molecule has 8 heteroatoms. The number of hydrogen-bond donors (Lipinski definition) is 1. The van der Waals surface area contributed by atoms with Crippen molar-refractivity contribution in [3.63, 3.8) is 0 Å². The number of rotatable bonds is 5. The van der Waals surface area contributed by atoms with Gasteiger partial charge in [0.05, 0.1) is 12.3 Å². The summed E-state index contributed by atoms with van der Waals surface area (Å²) in [7, 11) is 0. The zero-order valence-electron chi connectivity index (χ0n) is 14.0. The van der Waals surface area contributed by atoms with Gasteiger partial charge in [0, 0.05) is 12.3 Å². The predicted octanol–water partition coefficient (Wildman–Crippen LogP) is 2.82. The Morgan fingerprint density at radius 3 is 2.76 bits per heavy atom. The summed E-state index contributed by atoms with van der Waals surface area (Å²) >= 11 is 0. The van der Waals surface area contributed by atoms with E-state index in [1.165, 1.54) is 6.20 Å². The molecule has 1 aromatic carbocycles. The summed E-state index contributed by atoms with van der Waals surface area (Å²) in [6, 6.07) is 10.2. The minimum atomic E-state index is -1.18. The van der Waals surface area contributed by atoms with Gasteiger partial charge in [0.15, 0.2) is 5.79 Å². The summed E-state index contributed by atoms with van der Waals surface area (Å²) < 4.78 is 16.7. The Hall–Kier alpha value is -2.71. The minimum absolute atomic E-state index is 0.0140. The van der Waals surface area contributed by atoms with Crippen molar-refractivity contribution in [2.75, 3.05) is 18.1 Å². The van der Waals surface area contributed by atoms with Gasteiger partial charge in [-0.15, -0.1) is 0 Å². The van der Waals surface area contributed by atoms with E-state index in [2.05, 4.69) is 9.97 Å². The number of hydrogen-bond acceptors (Lipinski definition) is 6. The van der Waals surface area contributed by atoms with E-state index < -0.39 is 11.9 Å². The second-order valence-electron chi connectivity index (χ2n) is 5.91. The molecule has 1 N–H and O–H groups in total. The first-order chi connectivity index (χ1) is 11.9. The summed E-state index contributed by atoms with van der Waals surface area (Å²) in [5.74, 6) is -0.348. The van der Waals surface area contributed by atoms with Crippen molar-refractivity contribution in [3.05, 3.63) is 42.6 Å². The van der Waals surface area contributed by atoms with Gasteiger partial charge in [0.2, 0.25) is 11.8 Å². The summed E-state index contributed by atoms with van der Waals surface area (Å²) in [5, 5.41) is 9.50. The fraction of sp³-hybridized carbons (Fsp3) is 0.353. The van der Waals surface area contributed by atoms with Crippen LogP contribution in [-0.2, 0) is 9.47 Å². The molecule has 2 aromatic rings. The molecular formula is C17H19N3O5. The highest BCUT2D eigenvalue weighted by Crippen LogP contribution is 2.25. The molecule has 25 heavy (non-hydrogen) atoms. The molecule has 132 valence electrons. The van der Waals surface area contributed by atoms with Crippen molar-refractivity contribution in [3.8, 4) is 5.88 Å². The molecule has 1 atom stereocenters. The number of benzene rings is 1. The third-order valence-corrected chi connectivity index (χ3v) is 3.51. The highest BCUT2D eigenvalue weighted by atomic mass is 16.7.